The van der Waals surface area contributed by atoms with Gasteiger partial charge in [-0.15, -0.1) is 0 Å². The summed E-state index contributed by atoms with van der Waals surface area (Å²) < 4.78 is 28.7. The third-order valence-electron chi connectivity index (χ3n) is 6.42. The Bertz CT molecular complexity index is 1640. The van der Waals surface area contributed by atoms with E-state index in [9.17, 15) is 9.18 Å². The van der Waals surface area contributed by atoms with Crippen molar-refractivity contribution in [3.63, 3.8) is 0 Å². The van der Waals surface area contributed by atoms with E-state index in [0.717, 1.165) is 11.1 Å². The number of aromatic nitrogens is 6. The molecule has 0 bridgehead atoms. The number of carbonyl (C=O) groups is 1. The molecule has 1 atom stereocenters. The number of nitrogens with zero attached hydrogens (tertiary/aromatic N) is 6. The van der Waals surface area contributed by atoms with Crippen LogP contribution in [0.3, 0.4) is 0 Å². The van der Waals surface area contributed by atoms with Gasteiger partial charge in [0, 0.05) is 35.7 Å². The van der Waals surface area contributed by atoms with Crippen molar-refractivity contribution in [2.45, 2.75) is 33.0 Å². The van der Waals surface area contributed by atoms with Gasteiger partial charge in [-0.1, -0.05) is 35.9 Å². The molecule has 12 heteroatoms. The summed E-state index contributed by atoms with van der Waals surface area (Å²) in [6.45, 7) is 4.38. The molecule has 5 aromatic rings. The third kappa shape index (κ3) is 5.59. The third-order valence-corrected chi connectivity index (χ3v) is 6.77. The molecule has 2 aromatic carbocycles. The molecule has 40 heavy (non-hydrogen) atoms. The number of hydrogen-bond donors (Lipinski definition) is 1. The summed E-state index contributed by atoms with van der Waals surface area (Å²) in [5, 5.41) is 12.7. The molecule has 0 spiro atoms. The number of fused-ring (bicyclic) bond motifs is 1. The van der Waals surface area contributed by atoms with E-state index in [1.165, 1.54) is 13.2 Å². The lowest BCUT2D eigenvalue weighted by Gasteiger charge is -2.13. The zero-order valence-corrected chi connectivity index (χ0v) is 22.9. The van der Waals surface area contributed by atoms with Gasteiger partial charge in [-0.25, -0.2) is 14.2 Å². The van der Waals surface area contributed by atoms with E-state index in [1.54, 1.807) is 30.1 Å². The number of halogens is 2. The molecule has 1 N–H and O–H groups in total. The predicted octanol–water partition coefficient (Wildman–Crippen LogP) is 5.27. The fourth-order valence-corrected chi connectivity index (χ4v) is 4.49. The van der Waals surface area contributed by atoms with Crippen molar-refractivity contribution in [2.75, 3.05) is 19.0 Å². The van der Waals surface area contributed by atoms with Gasteiger partial charge in [-0.3, -0.25) is 9.36 Å². The van der Waals surface area contributed by atoms with Crippen molar-refractivity contribution < 1.29 is 18.7 Å². The van der Waals surface area contributed by atoms with Crippen LogP contribution in [0.1, 0.15) is 47.2 Å². The maximum Gasteiger partial charge on any atom is 0.376 e. The van der Waals surface area contributed by atoms with Crippen molar-refractivity contribution in [2.24, 2.45) is 0 Å². The van der Waals surface area contributed by atoms with E-state index in [1.807, 2.05) is 29.1 Å². The normalized spacial score (nSPS) is 11.9. The average Bonchev–Trinajstić information content (AvgIpc) is 3.63. The molecule has 0 aliphatic carbocycles. The minimum Gasteiger partial charge on any atom is -0.494 e. The largest absolute Gasteiger partial charge is 0.494 e. The Morgan fingerprint density at radius 3 is 2.67 bits per heavy atom. The Kier molecular flexibility index (Phi) is 7.92. The Balaban J connectivity index is 1.43. The first-order chi connectivity index (χ1) is 19.4. The number of nitrogens with one attached hydrogen (secondary N) is 1. The number of methoxy groups -OCH3 is 1. The lowest BCUT2D eigenvalue weighted by atomic mass is 10.1. The second-order valence-electron chi connectivity index (χ2n) is 8.98. The van der Waals surface area contributed by atoms with Crippen LogP contribution >= 0.6 is 11.6 Å². The number of carbonyl (C=O) groups excluding carboxylic acids is 1. The molecular formula is C28H27ClFN7O3. The van der Waals surface area contributed by atoms with Gasteiger partial charge in [0.05, 0.1) is 31.7 Å². The van der Waals surface area contributed by atoms with Gasteiger partial charge < -0.3 is 14.8 Å². The van der Waals surface area contributed by atoms with Crippen molar-refractivity contribution in [1.29, 1.82) is 0 Å². The van der Waals surface area contributed by atoms with E-state index in [0.29, 0.717) is 23.4 Å². The van der Waals surface area contributed by atoms with Crippen molar-refractivity contribution in [3.8, 4) is 5.75 Å². The zero-order valence-electron chi connectivity index (χ0n) is 22.1. The van der Waals surface area contributed by atoms with E-state index in [2.05, 4.69) is 44.5 Å². The molecule has 10 nitrogen and oxygen atoms in total. The number of rotatable bonds is 10. The van der Waals surface area contributed by atoms with Crippen LogP contribution in [0.2, 0.25) is 5.02 Å². The molecule has 0 amide bonds. The van der Waals surface area contributed by atoms with Crippen LogP contribution in [0.25, 0.3) is 11.0 Å². The van der Waals surface area contributed by atoms with Crippen molar-refractivity contribution in [3.05, 3.63) is 94.4 Å². The molecule has 3 aromatic heterocycles. The highest BCUT2D eigenvalue weighted by atomic mass is 35.5. The Hall–Kier alpha value is -4.51. The van der Waals surface area contributed by atoms with Gasteiger partial charge >= 0.3 is 5.97 Å². The Labute approximate surface area is 234 Å². The zero-order chi connectivity index (χ0) is 28.2. The molecule has 5 rings (SSSR count). The molecule has 0 aliphatic heterocycles. The van der Waals surface area contributed by atoms with Gasteiger partial charge in [0.2, 0.25) is 5.82 Å². The lowest BCUT2D eigenvalue weighted by Crippen LogP contribution is -2.13. The van der Waals surface area contributed by atoms with E-state index < -0.39 is 11.8 Å². The maximum atomic E-state index is 14.9. The van der Waals surface area contributed by atoms with Crippen LogP contribution in [0, 0.1) is 5.82 Å². The van der Waals surface area contributed by atoms with Crippen LogP contribution in [-0.2, 0) is 17.8 Å². The van der Waals surface area contributed by atoms with E-state index >= 15 is 0 Å². The van der Waals surface area contributed by atoms with Gasteiger partial charge in [0.15, 0.2) is 17.2 Å². The van der Waals surface area contributed by atoms with E-state index in [4.69, 9.17) is 21.1 Å². The summed E-state index contributed by atoms with van der Waals surface area (Å²) >= 11 is 6.26. The monoisotopic (exact) mass is 563 g/mol. The fraction of sp³-hybridized carbons (Fsp3) is 0.250. The van der Waals surface area contributed by atoms with Crippen LogP contribution in [-0.4, -0.2) is 49.2 Å². The number of esters is 1. The van der Waals surface area contributed by atoms with Crippen LogP contribution in [0.5, 0.6) is 5.75 Å². The molecule has 1 unspecified atom stereocenters. The molecule has 0 aliphatic rings. The van der Waals surface area contributed by atoms with Gasteiger partial charge in [0.1, 0.15) is 5.82 Å². The van der Waals surface area contributed by atoms with Crippen LogP contribution in [0.4, 0.5) is 10.2 Å². The summed E-state index contributed by atoms with van der Waals surface area (Å²) in [5.41, 5.74) is 2.63. The first kappa shape index (κ1) is 27.1. The summed E-state index contributed by atoms with van der Waals surface area (Å²) in [7, 11) is 1.38. The highest BCUT2D eigenvalue weighted by Crippen LogP contribution is 2.29. The number of hydrogen-bond acceptors (Lipinski definition) is 8. The minimum absolute atomic E-state index is 0.0165. The lowest BCUT2D eigenvalue weighted by molar-refractivity contribution is 0.0512. The molecule has 0 radical (unpaired) electrons. The molecular weight excluding hydrogens is 537 g/mol. The predicted molar refractivity (Wildman–Crippen MR) is 148 cm³/mol. The highest BCUT2D eigenvalue weighted by molar-refractivity contribution is 6.31. The molecule has 206 valence electrons. The quantitative estimate of drug-likeness (QED) is 0.229. The summed E-state index contributed by atoms with van der Waals surface area (Å²) in [5.74, 6) is -1.06. The summed E-state index contributed by atoms with van der Waals surface area (Å²) in [6, 6.07) is 13.2. The number of anilines is 1. The summed E-state index contributed by atoms with van der Waals surface area (Å²) in [4.78, 5) is 21.1. The Morgan fingerprint density at radius 1 is 1.18 bits per heavy atom. The first-order valence-electron chi connectivity index (χ1n) is 12.6. The van der Waals surface area contributed by atoms with Gasteiger partial charge in [-0.05, 0) is 43.2 Å². The second kappa shape index (κ2) is 11.7. The Morgan fingerprint density at radius 2 is 1.98 bits per heavy atom. The van der Waals surface area contributed by atoms with Crippen molar-refractivity contribution in [1.82, 2.24) is 29.5 Å². The van der Waals surface area contributed by atoms with Crippen molar-refractivity contribution >= 4 is 34.4 Å². The molecule has 3 heterocycles. The maximum absolute atomic E-state index is 14.9. The number of benzene rings is 2. The molecule has 0 saturated heterocycles. The minimum atomic E-state index is -0.686. The smallest absolute Gasteiger partial charge is 0.376 e. The highest BCUT2D eigenvalue weighted by Gasteiger charge is 2.19. The fourth-order valence-electron chi connectivity index (χ4n) is 4.27. The molecule has 0 fully saturated rings. The SMILES string of the molecule is CCOC(=O)c1nc(NCc2c(Cl)ccc(OC)c2F)c2cn(Cc3ccc(C(C)n4cccn4)cc3)nc2n1. The summed E-state index contributed by atoms with van der Waals surface area (Å²) in [6.07, 6.45) is 5.46. The van der Waals surface area contributed by atoms with Crippen LogP contribution < -0.4 is 10.1 Å². The molecule has 0 saturated carbocycles. The average molecular weight is 564 g/mol. The standard InChI is InChI=1S/C28H27ClFN7O3/c1-4-40-28(38)27-33-25(31-14-20-22(29)10-11-23(39-3)24(20)30)21-16-36(35-26(21)34-27)15-18-6-8-19(9-7-18)17(2)37-13-5-12-32-37/h5-13,16-17H,4,14-15H2,1-3H3,(H,31,33,34,35). The number of ether oxygens (including phenoxy) is 2. The van der Waals surface area contributed by atoms with Gasteiger partial charge in [-0.2, -0.15) is 15.2 Å². The van der Waals surface area contributed by atoms with Crippen LogP contribution in [0.15, 0.2) is 61.1 Å². The van der Waals surface area contributed by atoms with E-state index in [-0.39, 0.29) is 41.4 Å². The first-order valence-corrected chi connectivity index (χ1v) is 13.0. The topological polar surface area (TPSA) is 109 Å². The second-order valence-corrected chi connectivity index (χ2v) is 9.39. The van der Waals surface area contributed by atoms with Gasteiger partial charge in [0.25, 0.3) is 0 Å².